The summed E-state index contributed by atoms with van der Waals surface area (Å²) in [4.78, 5) is 28.7. The number of hydrogen-bond donors (Lipinski definition) is 0. The van der Waals surface area contributed by atoms with Gasteiger partial charge in [0.1, 0.15) is 16.8 Å². The number of allylic oxidation sites excluding steroid dienone is 7. The lowest BCUT2D eigenvalue weighted by atomic mass is 9.99. The van der Waals surface area contributed by atoms with E-state index >= 15 is 0 Å². The molecule has 3 aliphatic rings. The lowest BCUT2D eigenvalue weighted by molar-refractivity contribution is 0.0984. The minimum absolute atomic E-state index is 0.244. The van der Waals surface area contributed by atoms with E-state index in [-0.39, 0.29) is 5.55 Å². The van der Waals surface area contributed by atoms with E-state index in [1.807, 2.05) is 85.0 Å². The first-order chi connectivity index (χ1) is 16.2. The van der Waals surface area contributed by atoms with Crippen LogP contribution in [0.3, 0.4) is 0 Å². The van der Waals surface area contributed by atoms with Crippen LogP contribution in [-0.4, -0.2) is 11.9 Å². The maximum absolute atomic E-state index is 13.8. The average Bonchev–Trinajstić information content (AvgIpc) is 3.00. The Balaban J connectivity index is 1.70. The van der Waals surface area contributed by atoms with Crippen molar-refractivity contribution < 1.29 is 14.0 Å². The van der Waals surface area contributed by atoms with Crippen LogP contribution in [0.1, 0.15) is 22.3 Å². The molecule has 1 aliphatic heterocycles. The highest BCUT2D eigenvalue weighted by molar-refractivity contribution is 6.24. The van der Waals surface area contributed by atoms with Gasteiger partial charge in [-0.05, 0) is 54.0 Å². The Bertz CT molecular complexity index is 1550. The van der Waals surface area contributed by atoms with Gasteiger partial charge in [0.15, 0.2) is 5.56 Å². The molecular formula is C28H19N2O3+. The molecule has 33 heavy (non-hydrogen) atoms. The largest absolute Gasteiger partial charge is 0.514 e. The lowest BCUT2D eigenvalue weighted by Crippen LogP contribution is -2.53. The number of furan rings is 1. The highest BCUT2D eigenvalue weighted by Gasteiger charge is 2.46. The Morgan fingerprint density at radius 1 is 0.818 bits per heavy atom. The smallest absolute Gasteiger partial charge is 0.421 e. The molecule has 0 saturated carbocycles. The number of para-hydroxylation sites is 2. The molecule has 0 radical (unpaired) electrons. The molecule has 2 aromatic carbocycles. The third-order valence-corrected chi connectivity index (χ3v) is 5.91. The van der Waals surface area contributed by atoms with Crippen molar-refractivity contribution in [3.8, 4) is 0 Å². The van der Waals surface area contributed by atoms with E-state index in [1.165, 1.54) is 9.48 Å². The summed E-state index contributed by atoms with van der Waals surface area (Å²) in [5, 5.41) is 0. The van der Waals surface area contributed by atoms with Gasteiger partial charge in [-0.3, -0.25) is 0 Å². The molecule has 0 saturated heterocycles. The minimum Gasteiger partial charge on any atom is -0.421 e. The van der Waals surface area contributed by atoms with Crippen molar-refractivity contribution >= 4 is 35.5 Å². The monoisotopic (exact) mass is 431 g/mol. The minimum atomic E-state index is -0.476. The third-order valence-electron chi connectivity index (χ3n) is 5.91. The van der Waals surface area contributed by atoms with Crippen molar-refractivity contribution in [3.63, 3.8) is 0 Å². The van der Waals surface area contributed by atoms with Gasteiger partial charge in [0.25, 0.3) is 0 Å². The molecule has 0 atom stereocenters. The number of amides is 3. The fourth-order valence-corrected chi connectivity index (χ4v) is 4.36. The zero-order valence-electron chi connectivity index (χ0n) is 17.6. The van der Waals surface area contributed by atoms with E-state index in [0.717, 1.165) is 17.6 Å². The number of carbonyl (C=O) groups is 2. The van der Waals surface area contributed by atoms with Crippen LogP contribution in [0.25, 0.3) is 12.2 Å². The van der Waals surface area contributed by atoms with E-state index in [1.54, 1.807) is 12.1 Å². The number of anilines is 1. The number of hydrogen-bond acceptors (Lipinski definition) is 3. The van der Waals surface area contributed by atoms with Crippen LogP contribution in [0.5, 0.6) is 0 Å². The van der Waals surface area contributed by atoms with Gasteiger partial charge in [-0.2, -0.15) is 4.79 Å². The van der Waals surface area contributed by atoms with Gasteiger partial charge in [-0.25, -0.2) is 4.79 Å². The summed E-state index contributed by atoms with van der Waals surface area (Å²) in [5.41, 5.74) is 5.19. The molecule has 158 valence electrons. The van der Waals surface area contributed by atoms with Gasteiger partial charge >= 0.3 is 17.5 Å². The topological polar surface area (TPSA) is 53.5 Å². The van der Waals surface area contributed by atoms with Crippen LogP contribution >= 0.6 is 0 Å². The predicted octanol–water partition coefficient (Wildman–Crippen LogP) is 4.50. The quantitative estimate of drug-likeness (QED) is 0.562. The van der Waals surface area contributed by atoms with Gasteiger partial charge < -0.3 is 4.42 Å². The SMILES string of the molecule is O=C1c2c3c(oc2=[N+](c2ccccc2)C(=O)N1c1ccccc1)=CC1=CC=CC=C(C=C3)C1. The number of fused-ring (bicyclic) bond motifs is 5. The summed E-state index contributed by atoms with van der Waals surface area (Å²) >= 11 is 0. The molecule has 6 rings (SSSR count). The first-order valence-corrected chi connectivity index (χ1v) is 10.8. The molecule has 3 aromatic rings. The number of rotatable bonds is 2. The molecule has 1 aromatic heterocycles. The maximum atomic E-state index is 13.8. The second-order valence-electron chi connectivity index (χ2n) is 8.01. The van der Waals surface area contributed by atoms with E-state index in [4.69, 9.17) is 4.42 Å². The first kappa shape index (κ1) is 19.2. The van der Waals surface area contributed by atoms with Crippen molar-refractivity contribution in [2.24, 2.45) is 0 Å². The fraction of sp³-hybridized carbons (Fsp3) is 0.0357. The first-order valence-electron chi connectivity index (χ1n) is 10.8. The molecule has 0 spiro atoms. The Kier molecular flexibility index (Phi) is 4.40. The number of imide groups is 1. The lowest BCUT2D eigenvalue weighted by Gasteiger charge is -2.17. The maximum Gasteiger partial charge on any atom is 0.514 e. The summed E-state index contributed by atoms with van der Waals surface area (Å²) in [7, 11) is 0. The molecule has 0 unspecified atom stereocenters. The molecule has 3 amide bonds. The Labute approximate surface area is 189 Å². The Hall–Kier alpha value is -4.51. The molecule has 5 heteroatoms. The summed E-state index contributed by atoms with van der Waals surface area (Å²) in [6.07, 6.45) is 14.7. The van der Waals surface area contributed by atoms with Gasteiger partial charge in [-0.1, -0.05) is 66.8 Å². The molecule has 2 aliphatic carbocycles. The summed E-state index contributed by atoms with van der Waals surface area (Å²) in [5.74, 6) is -0.402. The van der Waals surface area contributed by atoms with Gasteiger partial charge in [0.2, 0.25) is 0 Å². The van der Waals surface area contributed by atoms with Crippen molar-refractivity contribution in [2.75, 3.05) is 4.90 Å². The number of urea groups is 1. The summed E-state index contributed by atoms with van der Waals surface area (Å²) < 4.78 is 7.73. The summed E-state index contributed by atoms with van der Waals surface area (Å²) in [6.45, 7) is 0. The van der Waals surface area contributed by atoms with Crippen molar-refractivity contribution in [2.45, 2.75) is 6.42 Å². The van der Waals surface area contributed by atoms with Crippen LogP contribution in [-0.2, 0) is 0 Å². The van der Waals surface area contributed by atoms with Crippen LogP contribution < -0.4 is 20.4 Å². The predicted molar refractivity (Wildman–Crippen MR) is 127 cm³/mol. The van der Waals surface area contributed by atoms with Crippen molar-refractivity contribution in [1.29, 1.82) is 0 Å². The Morgan fingerprint density at radius 3 is 2.27 bits per heavy atom. The average molecular weight is 431 g/mol. The standard InChI is InChI=1S/C28H19N2O3/c31-26-25-23-16-15-19-9-7-8-10-20(17-19)18-24(23)33-27(25)30(22-13-5-2-6-14-22)28(32)29(26)21-11-3-1-4-12-21/h1-16,18H,17H2/q+1. The van der Waals surface area contributed by atoms with E-state index in [0.29, 0.717) is 27.9 Å². The second kappa shape index (κ2) is 7.57. The van der Waals surface area contributed by atoms with Crippen molar-refractivity contribution in [1.82, 2.24) is 4.58 Å². The molecular weight excluding hydrogens is 412 g/mol. The normalized spacial score (nSPS) is 16.7. The Morgan fingerprint density at radius 2 is 1.52 bits per heavy atom. The zero-order valence-corrected chi connectivity index (χ0v) is 17.6. The zero-order chi connectivity index (χ0) is 22.4. The van der Waals surface area contributed by atoms with Gasteiger partial charge in [0.05, 0.1) is 0 Å². The number of benzene rings is 2. The fourth-order valence-electron chi connectivity index (χ4n) is 4.36. The van der Waals surface area contributed by atoms with Crippen molar-refractivity contribution in [3.05, 3.63) is 124 Å². The third kappa shape index (κ3) is 3.13. The van der Waals surface area contributed by atoms with Crippen LogP contribution in [0.4, 0.5) is 16.2 Å². The number of carbonyl (C=O) groups excluding carboxylic acids is 2. The van der Waals surface area contributed by atoms with Gasteiger partial charge in [0, 0.05) is 5.56 Å². The van der Waals surface area contributed by atoms with Crippen LogP contribution in [0, 0.1) is 0 Å². The number of nitrogens with zero attached hydrogens (tertiary/aromatic N) is 2. The van der Waals surface area contributed by atoms with Gasteiger partial charge in [-0.15, -0.1) is 9.48 Å². The van der Waals surface area contributed by atoms with Crippen LogP contribution in [0.15, 0.2) is 107 Å². The molecule has 0 fully saturated rings. The molecule has 5 nitrogen and oxygen atoms in total. The van der Waals surface area contributed by atoms with E-state index in [2.05, 4.69) is 6.08 Å². The highest BCUT2D eigenvalue weighted by atomic mass is 16.3. The molecule has 2 heterocycles. The molecule has 2 bridgehead atoms. The highest BCUT2D eigenvalue weighted by Crippen LogP contribution is 2.25. The van der Waals surface area contributed by atoms with E-state index < -0.39 is 11.9 Å². The van der Waals surface area contributed by atoms with E-state index in [9.17, 15) is 9.59 Å². The summed E-state index contributed by atoms with van der Waals surface area (Å²) in [6, 6.07) is 17.8. The molecule has 0 N–H and O–H groups in total. The van der Waals surface area contributed by atoms with Crippen LogP contribution in [0.2, 0.25) is 0 Å². The second-order valence-corrected chi connectivity index (χ2v) is 8.01.